The Bertz CT molecular complexity index is 532. The van der Waals surface area contributed by atoms with E-state index in [1.54, 1.807) is 38.1 Å². The molecule has 3 nitrogen and oxygen atoms in total. The van der Waals surface area contributed by atoms with Gasteiger partial charge in [-0.05, 0) is 17.4 Å². The number of halogens is 3. The minimum absolute atomic E-state index is 0.543. The number of ketones is 1. The lowest BCUT2D eigenvalue weighted by molar-refractivity contribution is -0.183. The maximum absolute atomic E-state index is 12.6. The van der Waals surface area contributed by atoms with Crippen LogP contribution in [0.3, 0.4) is 0 Å². The third-order valence-electron chi connectivity index (χ3n) is 3.69. The number of hydrogen-bond donors (Lipinski definition) is 0. The van der Waals surface area contributed by atoms with Gasteiger partial charge in [-0.1, -0.05) is 38.1 Å². The Labute approximate surface area is 127 Å². The van der Waals surface area contributed by atoms with E-state index < -0.39 is 30.1 Å². The normalized spacial score (nSPS) is 17.5. The minimum atomic E-state index is -4.82. The first-order valence-corrected chi connectivity index (χ1v) is 7.14. The molecule has 1 aromatic rings. The van der Waals surface area contributed by atoms with E-state index >= 15 is 0 Å². The molecule has 0 saturated carbocycles. The zero-order valence-electron chi connectivity index (χ0n) is 12.6. The molecule has 0 bridgehead atoms. The number of rotatable bonds is 4. The van der Waals surface area contributed by atoms with E-state index in [1.807, 2.05) is 0 Å². The number of alkyl halides is 3. The van der Waals surface area contributed by atoms with Crippen LogP contribution in [0.25, 0.3) is 0 Å². The molecule has 0 amide bonds. The summed E-state index contributed by atoms with van der Waals surface area (Å²) < 4.78 is 48.7. The Morgan fingerprint density at radius 1 is 1.18 bits per heavy atom. The van der Waals surface area contributed by atoms with Crippen molar-refractivity contribution in [3.63, 3.8) is 0 Å². The maximum atomic E-state index is 12.6. The molecule has 2 rings (SSSR count). The molecule has 1 fully saturated rings. The molecular formula is C16H19F3O3. The molecule has 1 aliphatic heterocycles. The fraction of sp³-hybridized carbons (Fsp3) is 0.562. The van der Waals surface area contributed by atoms with Gasteiger partial charge in [0.05, 0.1) is 13.2 Å². The van der Waals surface area contributed by atoms with Gasteiger partial charge in [0.2, 0.25) is 5.78 Å². The molecule has 0 atom stereocenters. The summed E-state index contributed by atoms with van der Waals surface area (Å²) in [5, 5.41) is 0. The summed E-state index contributed by atoms with van der Waals surface area (Å²) in [4.78, 5) is 11.4. The molecule has 1 aromatic carbocycles. The summed E-state index contributed by atoms with van der Waals surface area (Å²) in [6, 6.07) is 7.01. The minimum Gasteiger partial charge on any atom is -0.348 e. The Balaban J connectivity index is 2.28. The summed E-state index contributed by atoms with van der Waals surface area (Å²) in [6.45, 7) is 4.33. The fourth-order valence-electron chi connectivity index (χ4n) is 2.58. The molecule has 1 heterocycles. The molecular weight excluding hydrogens is 297 g/mol. The second-order valence-corrected chi connectivity index (χ2v) is 6.00. The van der Waals surface area contributed by atoms with Gasteiger partial charge in [0, 0.05) is 12.0 Å². The van der Waals surface area contributed by atoms with Gasteiger partial charge in [-0.3, -0.25) is 4.79 Å². The Morgan fingerprint density at radius 2 is 1.77 bits per heavy atom. The van der Waals surface area contributed by atoms with E-state index in [9.17, 15) is 18.0 Å². The lowest BCUT2D eigenvalue weighted by Crippen LogP contribution is -2.32. The van der Waals surface area contributed by atoms with Crippen LogP contribution < -0.4 is 0 Å². The van der Waals surface area contributed by atoms with Crippen LogP contribution in [-0.4, -0.2) is 25.2 Å². The third kappa shape index (κ3) is 3.87. The highest BCUT2D eigenvalue weighted by Crippen LogP contribution is 2.37. The van der Waals surface area contributed by atoms with Gasteiger partial charge >= 0.3 is 6.18 Å². The molecule has 0 spiro atoms. The highest BCUT2D eigenvalue weighted by Gasteiger charge is 2.42. The average Bonchev–Trinajstić information content (AvgIpc) is 2.47. The molecule has 1 saturated heterocycles. The monoisotopic (exact) mass is 316 g/mol. The van der Waals surface area contributed by atoms with Crippen molar-refractivity contribution in [3.8, 4) is 0 Å². The standard InChI is InChI=1S/C16H19F3O3/c1-15(2,10-13(20)16(17,18)19)12-7-4-3-6-11(12)14-21-8-5-9-22-14/h3-4,6-7,14H,5,8-10H2,1-2H3. The number of ether oxygens (including phenoxy) is 2. The van der Waals surface area contributed by atoms with Gasteiger partial charge in [0.1, 0.15) is 0 Å². The molecule has 0 aliphatic carbocycles. The highest BCUT2D eigenvalue weighted by atomic mass is 19.4. The molecule has 0 unspecified atom stereocenters. The first-order valence-electron chi connectivity index (χ1n) is 7.14. The lowest BCUT2D eigenvalue weighted by Gasteiger charge is -2.31. The van der Waals surface area contributed by atoms with E-state index in [4.69, 9.17) is 9.47 Å². The van der Waals surface area contributed by atoms with Crippen LogP contribution in [0, 0.1) is 0 Å². The van der Waals surface area contributed by atoms with Crippen LogP contribution in [0.2, 0.25) is 0 Å². The number of Topliss-reactive ketones (excluding diaryl/α,β-unsaturated/α-hetero) is 1. The van der Waals surface area contributed by atoms with Crippen molar-refractivity contribution >= 4 is 5.78 Å². The van der Waals surface area contributed by atoms with Crippen molar-refractivity contribution in [2.75, 3.05) is 13.2 Å². The highest BCUT2D eigenvalue weighted by molar-refractivity contribution is 5.85. The first kappa shape index (κ1) is 17.0. The van der Waals surface area contributed by atoms with Gasteiger partial charge < -0.3 is 9.47 Å². The van der Waals surface area contributed by atoms with Crippen LogP contribution >= 0.6 is 0 Å². The fourth-order valence-corrected chi connectivity index (χ4v) is 2.58. The van der Waals surface area contributed by atoms with Crippen molar-refractivity contribution in [1.82, 2.24) is 0 Å². The number of benzene rings is 1. The zero-order chi connectivity index (χ0) is 16.4. The molecule has 1 aliphatic rings. The molecule has 122 valence electrons. The van der Waals surface area contributed by atoms with E-state index in [-0.39, 0.29) is 0 Å². The predicted molar refractivity (Wildman–Crippen MR) is 74.4 cm³/mol. The topological polar surface area (TPSA) is 35.5 Å². The second-order valence-electron chi connectivity index (χ2n) is 6.00. The van der Waals surface area contributed by atoms with Gasteiger partial charge in [0.25, 0.3) is 0 Å². The Hall–Kier alpha value is -1.40. The summed E-state index contributed by atoms with van der Waals surface area (Å²) in [6.07, 6.45) is -5.23. The number of hydrogen-bond acceptors (Lipinski definition) is 3. The molecule has 0 aromatic heterocycles. The summed E-state index contributed by atoms with van der Waals surface area (Å²) in [5.41, 5.74) is 0.356. The summed E-state index contributed by atoms with van der Waals surface area (Å²) >= 11 is 0. The van der Waals surface area contributed by atoms with Crippen molar-refractivity contribution in [2.45, 2.75) is 44.6 Å². The first-order chi connectivity index (χ1) is 10.2. The van der Waals surface area contributed by atoms with E-state index in [0.29, 0.717) is 24.3 Å². The van der Waals surface area contributed by atoms with Crippen LogP contribution in [-0.2, 0) is 19.7 Å². The van der Waals surface area contributed by atoms with Crippen LogP contribution in [0.1, 0.15) is 44.1 Å². The molecule has 6 heteroatoms. The number of carbonyl (C=O) groups excluding carboxylic acids is 1. The zero-order valence-corrected chi connectivity index (χ0v) is 12.6. The van der Waals surface area contributed by atoms with Crippen LogP contribution in [0.15, 0.2) is 24.3 Å². The maximum Gasteiger partial charge on any atom is 0.450 e. The predicted octanol–water partition coefficient (Wildman–Crippen LogP) is 3.92. The number of carbonyl (C=O) groups is 1. The summed E-state index contributed by atoms with van der Waals surface area (Å²) in [5.74, 6) is -1.72. The van der Waals surface area contributed by atoms with Crippen molar-refractivity contribution in [1.29, 1.82) is 0 Å². The summed E-state index contributed by atoms with van der Waals surface area (Å²) in [7, 11) is 0. The largest absolute Gasteiger partial charge is 0.450 e. The second kappa shape index (κ2) is 6.38. The van der Waals surface area contributed by atoms with Crippen LogP contribution in [0.4, 0.5) is 13.2 Å². The van der Waals surface area contributed by atoms with Gasteiger partial charge in [-0.15, -0.1) is 0 Å². The SMILES string of the molecule is CC(C)(CC(=O)C(F)(F)F)c1ccccc1C1OCCCO1. The molecule has 0 N–H and O–H groups in total. The van der Waals surface area contributed by atoms with Gasteiger partial charge in [-0.25, -0.2) is 0 Å². The Morgan fingerprint density at radius 3 is 2.36 bits per heavy atom. The van der Waals surface area contributed by atoms with Crippen LogP contribution in [0.5, 0.6) is 0 Å². The van der Waals surface area contributed by atoms with Gasteiger partial charge in [-0.2, -0.15) is 13.2 Å². The Kier molecular flexibility index (Phi) is 4.92. The van der Waals surface area contributed by atoms with Crippen molar-refractivity contribution in [3.05, 3.63) is 35.4 Å². The van der Waals surface area contributed by atoms with E-state index in [0.717, 1.165) is 6.42 Å². The van der Waals surface area contributed by atoms with Gasteiger partial charge in [0.15, 0.2) is 6.29 Å². The third-order valence-corrected chi connectivity index (χ3v) is 3.69. The smallest absolute Gasteiger partial charge is 0.348 e. The van der Waals surface area contributed by atoms with E-state index in [2.05, 4.69) is 0 Å². The molecule has 0 radical (unpaired) electrons. The lowest BCUT2D eigenvalue weighted by atomic mass is 9.77. The van der Waals surface area contributed by atoms with Crippen molar-refractivity contribution < 1.29 is 27.4 Å². The van der Waals surface area contributed by atoms with E-state index in [1.165, 1.54) is 0 Å². The average molecular weight is 316 g/mol. The quantitative estimate of drug-likeness (QED) is 0.844. The molecule has 22 heavy (non-hydrogen) atoms. The van der Waals surface area contributed by atoms with Crippen molar-refractivity contribution in [2.24, 2.45) is 0 Å².